The molecule has 1 fully saturated rings. The lowest BCUT2D eigenvalue weighted by Gasteiger charge is -2.33. The van der Waals surface area contributed by atoms with Gasteiger partial charge in [-0.2, -0.15) is 0 Å². The lowest BCUT2D eigenvalue weighted by Crippen LogP contribution is -2.30. The molecule has 1 aliphatic heterocycles. The lowest BCUT2D eigenvalue weighted by molar-refractivity contribution is -0.0474. The highest BCUT2D eigenvalue weighted by Crippen LogP contribution is 2.42. The summed E-state index contributed by atoms with van der Waals surface area (Å²) in [5, 5.41) is 0. The molecule has 0 saturated heterocycles. The lowest BCUT2D eigenvalue weighted by atomic mass is 9.85. The zero-order valence-electron chi connectivity index (χ0n) is 10.5. The van der Waals surface area contributed by atoms with E-state index in [1.165, 1.54) is 43.2 Å². The van der Waals surface area contributed by atoms with Gasteiger partial charge < -0.3 is 4.74 Å². The van der Waals surface area contributed by atoms with Gasteiger partial charge in [0, 0.05) is 0 Å². The summed E-state index contributed by atoms with van der Waals surface area (Å²) in [7, 11) is 0. The van der Waals surface area contributed by atoms with Crippen LogP contribution < -0.4 is 0 Å². The van der Waals surface area contributed by atoms with E-state index in [-0.39, 0.29) is 11.7 Å². The van der Waals surface area contributed by atoms with Crippen LogP contribution >= 0.6 is 0 Å². The molecule has 3 rings (SSSR count). The predicted molar refractivity (Wildman–Crippen MR) is 70.0 cm³/mol. The quantitative estimate of drug-likeness (QED) is 0.650. The van der Waals surface area contributed by atoms with Crippen molar-refractivity contribution in [1.82, 2.24) is 0 Å². The molecule has 1 heterocycles. The van der Waals surface area contributed by atoms with Gasteiger partial charge in [-0.3, -0.25) is 0 Å². The third-order valence-electron chi connectivity index (χ3n) is 4.13. The monoisotopic (exact) mass is 228 g/mol. The Morgan fingerprint density at radius 2 is 1.88 bits per heavy atom. The first-order valence-corrected chi connectivity index (χ1v) is 6.72. The summed E-state index contributed by atoms with van der Waals surface area (Å²) in [6, 6.07) is 8.55. The molecule has 1 nitrogen and oxygen atoms in total. The summed E-state index contributed by atoms with van der Waals surface area (Å²) in [6.07, 6.45) is 11.1. The van der Waals surface area contributed by atoms with Gasteiger partial charge in [-0.05, 0) is 30.9 Å². The Morgan fingerprint density at radius 1 is 1.12 bits per heavy atom. The van der Waals surface area contributed by atoms with E-state index >= 15 is 0 Å². The molecule has 0 amide bonds. The molecule has 0 aromatic heterocycles. The Hall–Kier alpha value is -1.08. The van der Waals surface area contributed by atoms with Crippen LogP contribution in [-0.2, 0) is 4.74 Å². The molecule has 1 saturated carbocycles. The van der Waals surface area contributed by atoms with Crippen LogP contribution in [0.2, 0.25) is 0 Å². The van der Waals surface area contributed by atoms with E-state index in [0.717, 1.165) is 0 Å². The largest absolute Gasteiger partial charge is 0.359 e. The Kier molecular flexibility index (Phi) is 2.79. The van der Waals surface area contributed by atoms with Gasteiger partial charge in [0.05, 0.1) is 5.60 Å². The van der Waals surface area contributed by atoms with E-state index < -0.39 is 0 Å². The molecule has 1 aliphatic carbocycles. The zero-order valence-corrected chi connectivity index (χ0v) is 10.5. The van der Waals surface area contributed by atoms with Crippen LogP contribution in [0.5, 0.6) is 0 Å². The average molecular weight is 228 g/mol. The number of benzene rings is 1. The Labute approximate surface area is 103 Å². The highest BCUT2D eigenvalue weighted by atomic mass is 16.5. The van der Waals surface area contributed by atoms with Gasteiger partial charge in [0.25, 0.3) is 0 Å². The molecule has 90 valence electrons. The summed E-state index contributed by atoms with van der Waals surface area (Å²) < 4.78 is 6.35. The number of rotatable bonds is 1. The van der Waals surface area contributed by atoms with Crippen LogP contribution in [0.4, 0.5) is 0 Å². The highest BCUT2D eigenvalue weighted by molar-refractivity contribution is 5.32. The fourth-order valence-corrected chi connectivity index (χ4v) is 3.10. The van der Waals surface area contributed by atoms with Crippen molar-refractivity contribution in [2.75, 3.05) is 0 Å². The van der Waals surface area contributed by atoms with E-state index in [1.807, 2.05) is 0 Å². The second kappa shape index (κ2) is 4.30. The number of ether oxygens (including phenoxy) is 1. The van der Waals surface area contributed by atoms with Crippen molar-refractivity contribution in [3.8, 4) is 0 Å². The molecule has 1 atom stereocenters. The van der Waals surface area contributed by atoms with Gasteiger partial charge >= 0.3 is 0 Å². The van der Waals surface area contributed by atoms with Crippen molar-refractivity contribution < 1.29 is 4.74 Å². The highest BCUT2D eigenvalue weighted by Gasteiger charge is 2.37. The summed E-state index contributed by atoms with van der Waals surface area (Å²) >= 11 is 0. The number of aryl methyl sites for hydroxylation is 1. The second-order valence-electron chi connectivity index (χ2n) is 5.38. The SMILES string of the molecule is Cc1ccccc1C1C=CC2(CCCCC2)O1. The molecule has 1 heteroatoms. The summed E-state index contributed by atoms with van der Waals surface area (Å²) in [5.41, 5.74) is 2.71. The smallest absolute Gasteiger partial charge is 0.102 e. The average Bonchev–Trinajstić information content (AvgIpc) is 2.74. The first-order valence-electron chi connectivity index (χ1n) is 6.72. The van der Waals surface area contributed by atoms with E-state index in [0.29, 0.717) is 0 Å². The topological polar surface area (TPSA) is 9.23 Å². The van der Waals surface area contributed by atoms with Gasteiger partial charge in [-0.15, -0.1) is 0 Å². The summed E-state index contributed by atoms with van der Waals surface area (Å²) in [4.78, 5) is 0. The molecule has 1 spiro atoms. The van der Waals surface area contributed by atoms with Gasteiger partial charge in [-0.25, -0.2) is 0 Å². The van der Waals surface area contributed by atoms with Crippen LogP contribution in [0, 0.1) is 6.92 Å². The van der Waals surface area contributed by atoms with Crippen LogP contribution in [0.1, 0.15) is 49.3 Å². The van der Waals surface area contributed by atoms with Crippen LogP contribution in [-0.4, -0.2) is 5.60 Å². The van der Waals surface area contributed by atoms with Crippen LogP contribution in [0.15, 0.2) is 36.4 Å². The van der Waals surface area contributed by atoms with Gasteiger partial charge in [0.1, 0.15) is 6.10 Å². The van der Waals surface area contributed by atoms with Crippen molar-refractivity contribution in [2.45, 2.75) is 50.7 Å². The fourth-order valence-electron chi connectivity index (χ4n) is 3.10. The Balaban J connectivity index is 1.81. The molecular weight excluding hydrogens is 208 g/mol. The minimum atomic E-state index is 0.0607. The first kappa shape index (κ1) is 11.0. The van der Waals surface area contributed by atoms with Crippen molar-refractivity contribution in [3.05, 3.63) is 47.5 Å². The van der Waals surface area contributed by atoms with E-state index in [1.54, 1.807) is 0 Å². The fraction of sp³-hybridized carbons (Fsp3) is 0.500. The number of hydrogen-bond donors (Lipinski definition) is 0. The maximum Gasteiger partial charge on any atom is 0.102 e. The van der Waals surface area contributed by atoms with Crippen LogP contribution in [0.3, 0.4) is 0 Å². The number of hydrogen-bond acceptors (Lipinski definition) is 1. The third kappa shape index (κ3) is 2.04. The maximum absolute atomic E-state index is 6.35. The molecular formula is C16H20O. The maximum atomic E-state index is 6.35. The van der Waals surface area contributed by atoms with E-state index in [4.69, 9.17) is 4.74 Å². The minimum Gasteiger partial charge on any atom is -0.359 e. The molecule has 0 radical (unpaired) electrons. The molecule has 1 unspecified atom stereocenters. The van der Waals surface area contributed by atoms with Crippen molar-refractivity contribution in [3.63, 3.8) is 0 Å². The normalized spacial score (nSPS) is 26.5. The Morgan fingerprint density at radius 3 is 2.65 bits per heavy atom. The van der Waals surface area contributed by atoms with Gasteiger partial charge in [-0.1, -0.05) is 55.7 Å². The molecule has 0 bridgehead atoms. The summed E-state index contributed by atoms with van der Waals surface area (Å²) in [5.74, 6) is 0. The van der Waals surface area contributed by atoms with Crippen molar-refractivity contribution in [2.24, 2.45) is 0 Å². The Bertz CT molecular complexity index is 427. The standard InChI is InChI=1S/C16H20O/c1-13-7-3-4-8-14(13)15-9-12-16(17-15)10-5-2-6-11-16/h3-4,7-9,12,15H,2,5-6,10-11H2,1H3. The van der Waals surface area contributed by atoms with E-state index in [9.17, 15) is 0 Å². The van der Waals surface area contributed by atoms with Gasteiger partial charge in [0.2, 0.25) is 0 Å². The summed E-state index contributed by atoms with van der Waals surface area (Å²) in [6.45, 7) is 2.17. The van der Waals surface area contributed by atoms with Gasteiger partial charge in [0.15, 0.2) is 0 Å². The van der Waals surface area contributed by atoms with Crippen molar-refractivity contribution >= 4 is 0 Å². The predicted octanol–water partition coefficient (Wildman–Crippen LogP) is 4.33. The molecule has 1 aromatic carbocycles. The van der Waals surface area contributed by atoms with Crippen molar-refractivity contribution in [1.29, 1.82) is 0 Å². The third-order valence-corrected chi connectivity index (χ3v) is 4.13. The van der Waals surface area contributed by atoms with E-state index in [2.05, 4.69) is 43.3 Å². The minimum absolute atomic E-state index is 0.0607. The zero-order chi connectivity index (χ0) is 11.7. The second-order valence-corrected chi connectivity index (χ2v) is 5.38. The molecule has 17 heavy (non-hydrogen) atoms. The molecule has 2 aliphatic rings. The molecule has 1 aromatic rings. The molecule has 0 N–H and O–H groups in total. The first-order chi connectivity index (χ1) is 8.29. The van der Waals surface area contributed by atoms with Crippen LogP contribution in [0.25, 0.3) is 0 Å².